The molecule has 0 radical (unpaired) electrons. The fraction of sp³-hybridized carbons (Fsp3) is 0.273. The van der Waals surface area contributed by atoms with E-state index in [4.69, 9.17) is 16.3 Å². The van der Waals surface area contributed by atoms with E-state index in [1.54, 1.807) is 0 Å². The summed E-state index contributed by atoms with van der Waals surface area (Å²) in [4.78, 5) is 22.4. The first-order valence-electron chi connectivity index (χ1n) is 5.08. The van der Waals surface area contributed by atoms with Crippen molar-refractivity contribution in [1.82, 2.24) is 10.6 Å². The minimum absolute atomic E-state index is 0.0372. The molecule has 0 aliphatic carbocycles. The van der Waals surface area contributed by atoms with Crippen molar-refractivity contribution in [1.29, 1.82) is 0 Å². The molecule has 0 aromatic heterocycles. The van der Waals surface area contributed by atoms with Gasteiger partial charge in [0.15, 0.2) is 6.10 Å². The van der Waals surface area contributed by atoms with Crippen LogP contribution >= 0.6 is 11.6 Å². The Morgan fingerprint density at radius 3 is 2.67 bits per heavy atom. The van der Waals surface area contributed by atoms with E-state index < -0.39 is 23.9 Å². The average Bonchev–Trinajstić information content (AvgIpc) is 2.33. The highest BCUT2D eigenvalue weighted by molar-refractivity contribution is 6.30. The van der Waals surface area contributed by atoms with E-state index in [1.807, 2.05) is 5.32 Å². The van der Waals surface area contributed by atoms with Crippen LogP contribution in [-0.2, 0) is 4.79 Å². The Morgan fingerprint density at radius 1 is 1.44 bits per heavy atom. The van der Waals surface area contributed by atoms with Crippen LogP contribution in [0.4, 0.5) is 9.18 Å². The third-order valence-electron chi connectivity index (χ3n) is 2.04. The second-order valence-corrected chi connectivity index (χ2v) is 3.81. The molecule has 0 heterocycles. The van der Waals surface area contributed by atoms with E-state index in [-0.39, 0.29) is 10.8 Å². The Hall–Kier alpha value is -1.82. The van der Waals surface area contributed by atoms with Gasteiger partial charge in [-0.05, 0) is 19.1 Å². The molecule has 2 N–H and O–H groups in total. The molecule has 0 aliphatic heterocycles. The molecule has 5 nitrogen and oxygen atoms in total. The van der Waals surface area contributed by atoms with E-state index in [1.165, 1.54) is 26.1 Å². The van der Waals surface area contributed by atoms with Crippen molar-refractivity contribution in [2.45, 2.75) is 13.0 Å². The minimum Gasteiger partial charge on any atom is -0.481 e. The van der Waals surface area contributed by atoms with Crippen molar-refractivity contribution in [3.63, 3.8) is 0 Å². The van der Waals surface area contributed by atoms with Gasteiger partial charge in [-0.1, -0.05) is 11.6 Å². The summed E-state index contributed by atoms with van der Waals surface area (Å²) in [5.74, 6) is -1.13. The van der Waals surface area contributed by atoms with E-state index in [9.17, 15) is 14.0 Å². The van der Waals surface area contributed by atoms with Crippen LogP contribution in [0.25, 0.3) is 0 Å². The fourth-order valence-electron chi connectivity index (χ4n) is 1.08. The van der Waals surface area contributed by atoms with Crippen LogP contribution < -0.4 is 15.4 Å². The Bertz CT molecular complexity index is 468. The Balaban J connectivity index is 2.63. The topological polar surface area (TPSA) is 67.4 Å². The van der Waals surface area contributed by atoms with Gasteiger partial charge in [-0.3, -0.25) is 10.1 Å². The number of amides is 3. The van der Waals surface area contributed by atoms with Crippen molar-refractivity contribution in [2.75, 3.05) is 7.05 Å². The molecular weight excluding hydrogens is 263 g/mol. The van der Waals surface area contributed by atoms with Gasteiger partial charge in [0.1, 0.15) is 11.6 Å². The lowest BCUT2D eigenvalue weighted by atomic mass is 10.3. The van der Waals surface area contributed by atoms with Crippen LogP contribution in [0.1, 0.15) is 6.92 Å². The lowest BCUT2D eigenvalue weighted by Crippen LogP contribution is -2.43. The molecule has 1 aromatic rings. The zero-order valence-corrected chi connectivity index (χ0v) is 10.5. The molecule has 1 unspecified atom stereocenters. The SMILES string of the molecule is CNC(=O)NC(=O)C(C)Oc1ccc(Cl)c(F)c1. The molecular formula is C11H12ClFN2O3. The van der Waals surface area contributed by atoms with Gasteiger partial charge in [0.25, 0.3) is 5.91 Å². The van der Waals surface area contributed by atoms with E-state index >= 15 is 0 Å². The number of rotatable bonds is 3. The maximum atomic E-state index is 13.1. The summed E-state index contributed by atoms with van der Waals surface area (Å²) in [6.45, 7) is 1.44. The smallest absolute Gasteiger partial charge is 0.321 e. The number of hydrogen-bond acceptors (Lipinski definition) is 3. The molecule has 1 rings (SSSR count). The summed E-state index contributed by atoms with van der Waals surface area (Å²) >= 11 is 5.50. The van der Waals surface area contributed by atoms with Crippen molar-refractivity contribution in [3.8, 4) is 5.75 Å². The van der Waals surface area contributed by atoms with Crippen molar-refractivity contribution >= 4 is 23.5 Å². The summed E-state index contributed by atoms with van der Waals surface area (Å²) in [6, 6.07) is 3.16. The first kappa shape index (κ1) is 14.2. The number of ether oxygens (including phenoxy) is 1. The van der Waals surface area contributed by atoms with E-state index in [0.717, 1.165) is 6.07 Å². The molecule has 7 heteroatoms. The second kappa shape index (κ2) is 6.20. The molecule has 0 fully saturated rings. The summed E-state index contributed by atoms with van der Waals surface area (Å²) in [5.41, 5.74) is 0. The molecule has 98 valence electrons. The van der Waals surface area contributed by atoms with Crippen LogP contribution in [0, 0.1) is 5.82 Å². The van der Waals surface area contributed by atoms with Crippen LogP contribution in [-0.4, -0.2) is 25.1 Å². The van der Waals surface area contributed by atoms with Gasteiger partial charge in [-0.2, -0.15) is 0 Å². The Kier molecular flexibility index (Phi) is 4.91. The van der Waals surface area contributed by atoms with Crippen molar-refractivity contribution in [2.24, 2.45) is 0 Å². The van der Waals surface area contributed by atoms with Gasteiger partial charge in [-0.15, -0.1) is 0 Å². The molecule has 1 aromatic carbocycles. The number of urea groups is 1. The first-order chi connectivity index (χ1) is 8.43. The van der Waals surface area contributed by atoms with Crippen LogP contribution in [0.5, 0.6) is 5.75 Å². The maximum absolute atomic E-state index is 13.1. The number of hydrogen-bond donors (Lipinski definition) is 2. The highest BCUT2D eigenvalue weighted by atomic mass is 35.5. The summed E-state index contributed by atoms with van der Waals surface area (Å²) < 4.78 is 18.3. The monoisotopic (exact) mass is 274 g/mol. The third kappa shape index (κ3) is 3.89. The number of carbonyl (C=O) groups is 2. The van der Waals surface area contributed by atoms with Crippen LogP contribution in [0.15, 0.2) is 18.2 Å². The molecule has 18 heavy (non-hydrogen) atoms. The second-order valence-electron chi connectivity index (χ2n) is 3.40. The van der Waals surface area contributed by atoms with Gasteiger partial charge in [0.05, 0.1) is 5.02 Å². The van der Waals surface area contributed by atoms with Gasteiger partial charge in [0.2, 0.25) is 0 Å². The summed E-state index contributed by atoms with van der Waals surface area (Å²) in [5, 5.41) is 4.23. The third-order valence-corrected chi connectivity index (χ3v) is 2.34. The Labute approximate surface area is 108 Å². The number of halogens is 2. The minimum atomic E-state index is -0.942. The number of nitrogens with one attached hydrogen (secondary N) is 2. The van der Waals surface area contributed by atoms with Crippen LogP contribution in [0.2, 0.25) is 5.02 Å². The number of carbonyl (C=O) groups excluding carboxylic acids is 2. The quantitative estimate of drug-likeness (QED) is 0.882. The predicted octanol–water partition coefficient (Wildman–Crippen LogP) is 1.70. The molecule has 0 aliphatic rings. The van der Waals surface area contributed by atoms with Crippen molar-refractivity contribution in [3.05, 3.63) is 29.0 Å². The lowest BCUT2D eigenvalue weighted by molar-refractivity contribution is -0.126. The van der Waals surface area contributed by atoms with Gasteiger partial charge >= 0.3 is 6.03 Å². The fourth-order valence-corrected chi connectivity index (χ4v) is 1.20. The van der Waals surface area contributed by atoms with Gasteiger partial charge in [-0.25, -0.2) is 9.18 Å². The highest BCUT2D eigenvalue weighted by Gasteiger charge is 2.17. The van der Waals surface area contributed by atoms with Gasteiger partial charge < -0.3 is 10.1 Å². The molecule has 0 saturated carbocycles. The van der Waals surface area contributed by atoms with Crippen LogP contribution in [0.3, 0.4) is 0 Å². The lowest BCUT2D eigenvalue weighted by Gasteiger charge is -2.14. The molecule has 0 bridgehead atoms. The van der Waals surface area contributed by atoms with E-state index in [2.05, 4.69) is 5.32 Å². The molecule has 0 saturated heterocycles. The Morgan fingerprint density at radius 2 is 2.11 bits per heavy atom. The average molecular weight is 275 g/mol. The first-order valence-corrected chi connectivity index (χ1v) is 5.46. The summed E-state index contributed by atoms with van der Waals surface area (Å²) in [7, 11) is 1.38. The van der Waals surface area contributed by atoms with E-state index in [0.29, 0.717) is 0 Å². The standard InChI is InChI=1S/C11H12ClFN2O3/c1-6(10(16)15-11(17)14-2)18-7-3-4-8(12)9(13)5-7/h3-6H,1-2H3,(H2,14,15,16,17). The van der Waals surface area contributed by atoms with Gasteiger partial charge in [0, 0.05) is 13.1 Å². The molecule has 0 spiro atoms. The predicted molar refractivity (Wildman–Crippen MR) is 64.1 cm³/mol. The largest absolute Gasteiger partial charge is 0.481 e. The zero-order chi connectivity index (χ0) is 13.7. The molecule has 3 amide bonds. The van der Waals surface area contributed by atoms with Crippen molar-refractivity contribution < 1.29 is 18.7 Å². The number of benzene rings is 1. The zero-order valence-electron chi connectivity index (χ0n) is 9.79. The normalized spacial score (nSPS) is 11.6. The summed E-state index contributed by atoms with van der Waals surface area (Å²) in [6.07, 6.45) is -0.942. The molecule has 1 atom stereocenters. The number of imide groups is 1. The highest BCUT2D eigenvalue weighted by Crippen LogP contribution is 2.21. The maximum Gasteiger partial charge on any atom is 0.321 e.